The minimum atomic E-state index is 0.810. The lowest BCUT2D eigenvalue weighted by Gasteiger charge is -2.20. The van der Waals surface area contributed by atoms with Gasteiger partial charge in [0.2, 0.25) is 0 Å². The number of nitrogens with one attached hydrogen (secondary N) is 1. The third-order valence-corrected chi connectivity index (χ3v) is 8.88. The van der Waals surface area contributed by atoms with Gasteiger partial charge in [0.15, 0.2) is 0 Å². The summed E-state index contributed by atoms with van der Waals surface area (Å²) in [6.45, 7) is 0. The molecule has 0 fully saturated rings. The zero-order valence-corrected chi connectivity index (χ0v) is 19.8. The highest BCUT2D eigenvalue weighted by Crippen LogP contribution is 2.50. The summed E-state index contributed by atoms with van der Waals surface area (Å²) in [6, 6.07) is 36.9. The largest absolute Gasteiger partial charge is 0.399 e. The molecule has 1 heterocycles. The summed E-state index contributed by atoms with van der Waals surface area (Å²) in [5, 5.41) is 11.3. The van der Waals surface area contributed by atoms with Gasteiger partial charge in [0.25, 0.3) is 0 Å². The Labute approximate surface area is 206 Å². The molecular weight excluding hydrogens is 452 g/mol. The smallest absolute Gasteiger partial charge is 0.0470 e. The molecule has 0 amide bonds. The first kappa shape index (κ1) is 19.8. The molecule has 0 atom stereocenters. The standard InChI is InChI=1S/C30H20N2S2/c31-22-10-12-26-28(16-22)33-27-13-11-23(17-29(27)34-26)32-25-7-3-6-18-8-9-21-14-19-4-1-2-5-20(19)15-24(21)30(18)25/h1-17,32H,31H2. The van der Waals surface area contributed by atoms with Gasteiger partial charge in [0.05, 0.1) is 0 Å². The lowest BCUT2D eigenvalue weighted by Crippen LogP contribution is -1.96. The quantitative estimate of drug-likeness (QED) is 0.149. The molecule has 0 radical (unpaired) electrons. The highest BCUT2D eigenvalue weighted by atomic mass is 32.2. The van der Waals surface area contributed by atoms with Gasteiger partial charge in [-0.1, -0.05) is 72.1 Å². The monoisotopic (exact) mass is 472 g/mol. The molecule has 1 aliphatic heterocycles. The van der Waals surface area contributed by atoms with Crippen LogP contribution in [0.4, 0.5) is 17.1 Å². The fourth-order valence-corrected chi connectivity index (χ4v) is 7.02. The van der Waals surface area contributed by atoms with Crippen LogP contribution in [0.25, 0.3) is 32.3 Å². The van der Waals surface area contributed by atoms with E-state index in [2.05, 4.69) is 102 Å². The number of nitrogens with two attached hydrogens (primary N) is 1. The minimum absolute atomic E-state index is 0.810. The molecule has 6 aromatic carbocycles. The van der Waals surface area contributed by atoms with E-state index in [0.29, 0.717) is 0 Å². The Hall–Kier alpha value is -3.60. The average molecular weight is 473 g/mol. The molecule has 0 saturated heterocycles. The van der Waals surface area contributed by atoms with Crippen molar-refractivity contribution >= 4 is 72.9 Å². The van der Waals surface area contributed by atoms with Crippen molar-refractivity contribution in [2.75, 3.05) is 11.1 Å². The molecule has 162 valence electrons. The molecule has 1 aliphatic rings. The summed E-state index contributed by atoms with van der Waals surface area (Å²) in [4.78, 5) is 5.02. The molecule has 7 rings (SSSR count). The van der Waals surface area contributed by atoms with E-state index in [1.807, 2.05) is 17.8 Å². The fourth-order valence-electron chi connectivity index (χ4n) is 4.74. The first-order chi connectivity index (χ1) is 16.7. The highest BCUT2D eigenvalue weighted by molar-refractivity contribution is 8.05. The molecule has 2 nitrogen and oxygen atoms in total. The molecule has 0 unspecified atom stereocenters. The van der Waals surface area contributed by atoms with E-state index in [0.717, 1.165) is 17.1 Å². The van der Waals surface area contributed by atoms with Gasteiger partial charge >= 0.3 is 0 Å². The Morgan fingerprint density at radius 2 is 1.24 bits per heavy atom. The van der Waals surface area contributed by atoms with Gasteiger partial charge in [-0.25, -0.2) is 0 Å². The van der Waals surface area contributed by atoms with Crippen LogP contribution in [-0.4, -0.2) is 0 Å². The second-order valence-corrected chi connectivity index (χ2v) is 10.8. The maximum atomic E-state index is 5.99. The Morgan fingerprint density at radius 3 is 2.09 bits per heavy atom. The fraction of sp³-hybridized carbons (Fsp3) is 0. The number of rotatable bonds is 2. The second-order valence-electron chi connectivity index (χ2n) is 8.59. The molecule has 34 heavy (non-hydrogen) atoms. The Morgan fingerprint density at radius 1 is 0.529 bits per heavy atom. The second kappa shape index (κ2) is 7.73. The third-order valence-electron chi connectivity index (χ3n) is 6.36. The van der Waals surface area contributed by atoms with Crippen LogP contribution in [0.5, 0.6) is 0 Å². The Kier molecular flexibility index (Phi) is 4.51. The van der Waals surface area contributed by atoms with E-state index in [9.17, 15) is 0 Å². The number of hydrogen-bond donors (Lipinski definition) is 2. The summed E-state index contributed by atoms with van der Waals surface area (Å²) >= 11 is 3.60. The third kappa shape index (κ3) is 3.30. The van der Waals surface area contributed by atoms with E-state index in [1.165, 1.54) is 51.9 Å². The summed E-state index contributed by atoms with van der Waals surface area (Å²) in [5.41, 5.74) is 9.02. The van der Waals surface area contributed by atoms with Crippen molar-refractivity contribution < 1.29 is 0 Å². The highest BCUT2D eigenvalue weighted by Gasteiger charge is 2.18. The number of anilines is 3. The average Bonchev–Trinajstić information content (AvgIpc) is 2.86. The number of benzene rings is 6. The minimum Gasteiger partial charge on any atom is -0.399 e. The van der Waals surface area contributed by atoms with Gasteiger partial charge in [0, 0.05) is 42.0 Å². The van der Waals surface area contributed by atoms with Crippen LogP contribution in [0.1, 0.15) is 0 Å². The van der Waals surface area contributed by atoms with Crippen LogP contribution in [0.2, 0.25) is 0 Å². The molecule has 6 aromatic rings. The first-order valence-electron chi connectivity index (χ1n) is 11.2. The van der Waals surface area contributed by atoms with Gasteiger partial charge in [0.1, 0.15) is 0 Å². The maximum absolute atomic E-state index is 5.99. The Balaban J connectivity index is 1.33. The topological polar surface area (TPSA) is 38.0 Å². The van der Waals surface area contributed by atoms with E-state index in [-0.39, 0.29) is 0 Å². The maximum Gasteiger partial charge on any atom is 0.0470 e. The van der Waals surface area contributed by atoms with Crippen LogP contribution < -0.4 is 11.1 Å². The van der Waals surface area contributed by atoms with Crippen LogP contribution in [0, 0.1) is 0 Å². The van der Waals surface area contributed by atoms with Crippen molar-refractivity contribution in [1.29, 1.82) is 0 Å². The summed E-state index contributed by atoms with van der Waals surface area (Å²) in [6.07, 6.45) is 0. The number of hydrogen-bond acceptors (Lipinski definition) is 4. The van der Waals surface area contributed by atoms with Gasteiger partial charge in [-0.05, 0) is 81.5 Å². The molecule has 3 N–H and O–H groups in total. The van der Waals surface area contributed by atoms with Crippen molar-refractivity contribution in [3.8, 4) is 0 Å². The normalized spacial score (nSPS) is 12.6. The lowest BCUT2D eigenvalue weighted by molar-refractivity contribution is 1.16. The first-order valence-corrected chi connectivity index (χ1v) is 12.9. The Bertz CT molecular complexity index is 1760. The van der Waals surface area contributed by atoms with Crippen molar-refractivity contribution in [2.24, 2.45) is 0 Å². The molecule has 0 aliphatic carbocycles. The van der Waals surface area contributed by atoms with Gasteiger partial charge in [-0.2, -0.15) is 0 Å². The van der Waals surface area contributed by atoms with Crippen LogP contribution in [0.3, 0.4) is 0 Å². The SMILES string of the molecule is Nc1ccc2c(c1)Sc1ccc(Nc3cccc4ccc5cc6ccccc6cc5c34)cc1S2. The van der Waals surface area contributed by atoms with Gasteiger partial charge in [-0.3, -0.25) is 0 Å². The van der Waals surface area contributed by atoms with E-state index in [4.69, 9.17) is 5.73 Å². The molecule has 0 spiro atoms. The predicted molar refractivity (Wildman–Crippen MR) is 148 cm³/mol. The van der Waals surface area contributed by atoms with E-state index in [1.54, 1.807) is 11.8 Å². The van der Waals surface area contributed by atoms with Crippen molar-refractivity contribution in [2.45, 2.75) is 19.6 Å². The lowest BCUT2D eigenvalue weighted by atomic mass is 9.97. The molecular formula is C30H20N2S2. The van der Waals surface area contributed by atoms with Gasteiger partial charge < -0.3 is 11.1 Å². The predicted octanol–water partition coefficient (Wildman–Crippen LogP) is 9.09. The number of nitrogen functional groups attached to an aromatic ring is 1. The van der Waals surface area contributed by atoms with Crippen molar-refractivity contribution in [1.82, 2.24) is 0 Å². The zero-order valence-electron chi connectivity index (χ0n) is 18.2. The van der Waals surface area contributed by atoms with Crippen molar-refractivity contribution in [3.63, 3.8) is 0 Å². The molecule has 0 bridgehead atoms. The van der Waals surface area contributed by atoms with Crippen molar-refractivity contribution in [3.05, 3.63) is 103 Å². The van der Waals surface area contributed by atoms with Crippen LogP contribution >= 0.6 is 23.5 Å². The van der Waals surface area contributed by atoms with Crippen LogP contribution in [0.15, 0.2) is 123 Å². The molecule has 0 saturated carbocycles. The molecule has 4 heteroatoms. The summed E-state index contributed by atoms with van der Waals surface area (Å²) in [7, 11) is 0. The van der Waals surface area contributed by atoms with Crippen LogP contribution in [-0.2, 0) is 0 Å². The summed E-state index contributed by atoms with van der Waals surface area (Å²) < 4.78 is 0. The zero-order chi connectivity index (χ0) is 22.6. The van der Waals surface area contributed by atoms with E-state index < -0.39 is 0 Å². The number of fused-ring (bicyclic) bond motifs is 6. The molecule has 0 aromatic heterocycles. The van der Waals surface area contributed by atoms with Gasteiger partial charge in [-0.15, -0.1) is 0 Å². The van der Waals surface area contributed by atoms with E-state index >= 15 is 0 Å². The summed E-state index contributed by atoms with van der Waals surface area (Å²) in [5.74, 6) is 0.